The molecule has 1 atom stereocenters. The van der Waals surface area contributed by atoms with E-state index in [4.69, 9.17) is 19.5 Å². The molecular formula is C17H24N2O6. The van der Waals surface area contributed by atoms with Crippen LogP contribution in [0.1, 0.15) is 25.3 Å². The summed E-state index contributed by atoms with van der Waals surface area (Å²) in [6.45, 7) is 2.08. The highest BCUT2D eigenvalue weighted by Crippen LogP contribution is 2.13. The monoisotopic (exact) mass is 352 g/mol. The van der Waals surface area contributed by atoms with E-state index in [0.717, 1.165) is 12.5 Å². The third kappa shape index (κ3) is 7.88. The number of likely N-dealkylation sites (tertiary alicyclic amines) is 1. The predicted molar refractivity (Wildman–Crippen MR) is 89.3 cm³/mol. The minimum absolute atomic E-state index is 0.154. The van der Waals surface area contributed by atoms with E-state index in [1.807, 2.05) is 30.3 Å². The van der Waals surface area contributed by atoms with Crippen LogP contribution in [0.2, 0.25) is 0 Å². The van der Waals surface area contributed by atoms with Gasteiger partial charge in [0.2, 0.25) is 11.8 Å². The fourth-order valence-electron chi connectivity index (χ4n) is 2.16. The van der Waals surface area contributed by atoms with Crippen molar-refractivity contribution in [1.29, 1.82) is 0 Å². The zero-order valence-electron chi connectivity index (χ0n) is 14.4. The second kappa shape index (κ2) is 11.3. The first-order valence-corrected chi connectivity index (χ1v) is 7.89. The lowest BCUT2D eigenvalue weighted by molar-refractivity contribution is -0.154. The summed E-state index contributed by atoms with van der Waals surface area (Å²) in [4.78, 5) is 39.5. The summed E-state index contributed by atoms with van der Waals surface area (Å²) in [5.74, 6) is -1.24. The van der Waals surface area contributed by atoms with Crippen molar-refractivity contribution < 1.29 is 29.1 Å². The van der Waals surface area contributed by atoms with Gasteiger partial charge < -0.3 is 9.84 Å². The molecule has 0 radical (unpaired) electrons. The van der Waals surface area contributed by atoms with Crippen molar-refractivity contribution in [1.82, 2.24) is 10.4 Å². The number of benzene rings is 1. The lowest BCUT2D eigenvalue weighted by Crippen LogP contribution is -2.53. The molecule has 1 heterocycles. The molecule has 0 spiro atoms. The molecule has 25 heavy (non-hydrogen) atoms. The Balaban J connectivity index is 0.000000705. The van der Waals surface area contributed by atoms with Crippen molar-refractivity contribution in [3.05, 3.63) is 35.9 Å². The second-order valence-electron chi connectivity index (χ2n) is 5.38. The molecule has 1 fully saturated rings. The van der Waals surface area contributed by atoms with Crippen LogP contribution in [-0.2, 0) is 30.6 Å². The number of hydrogen-bond donors (Lipinski definition) is 2. The maximum absolute atomic E-state index is 12.2. The van der Waals surface area contributed by atoms with E-state index in [9.17, 15) is 9.59 Å². The Bertz CT molecular complexity index is 560. The lowest BCUT2D eigenvalue weighted by Gasteiger charge is -2.30. The number of nitrogens with one attached hydrogen (secondary N) is 1. The van der Waals surface area contributed by atoms with Gasteiger partial charge in [0.1, 0.15) is 6.04 Å². The maximum atomic E-state index is 12.2. The third-order valence-corrected chi connectivity index (χ3v) is 3.34. The van der Waals surface area contributed by atoms with Crippen LogP contribution in [-0.4, -0.2) is 54.1 Å². The van der Waals surface area contributed by atoms with Crippen molar-refractivity contribution in [3.8, 4) is 0 Å². The van der Waals surface area contributed by atoms with Crippen molar-refractivity contribution >= 4 is 17.8 Å². The Morgan fingerprint density at radius 2 is 1.96 bits per heavy atom. The Morgan fingerprint density at radius 1 is 1.32 bits per heavy atom. The molecule has 138 valence electrons. The standard InChI is InChI=1S/C15H20N2O4.C2H4O2/c1-20-10-9-17-14(18)8-7-13(15(17)19)16-21-11-12-5-3-2-4-6-12;1-2(3)4/h2-6,13,16H,7-11H2,1H3;1H3,(H,3,4). The van der Waals surface area contributed by atoms with Gasteiger partial charge in [-0.2, -0.15) is 5.48 Å². The van der Waals surface area contributed by atoms with E-state index in [1.165, 1.54) is 12.0 Å². The third-order valence-electron chi connectivity index (χ3n) is 3.34. The highest BCUT2D eigenvalue weighted by atomic mass is 16.6. The topological polar surface area (TPSA) is 105 Å². The van der Waals surface area contributed by atoms with Crippen LogP contribution in [0, 0.1) is 0 Å². The Labute approximate surface area is 146 Å². The zero-order valence-corrected chi connectivity index (χ0v) is 14.4. The molecule has 1 aromatic carbocycles. The van der Waals surface area contributed by atoms with Crippen LogP contribution in [0.4, 0.5) is 0 Å². The Kier molecular flexibility index (Phi) is 9.38. The van der Waals surface area contributed by atoms with Crippen LogP contribution in [0.5, 0.6) is 0 Å². The van der Waals surface area contributed by atoms with Gasteiger partial charge in [-0.05, 0) is 12.0 Å². The number of hydrogen-bond acceptors (Lipinski definition) is 6. The number of amides is 2. The van der Waals surface area contributed by atoms with Crippen LogP contribution in [0.3, 0.4) is 0 Å². The molecule has 0 saturated carbocycles. The summed E-state index contributed by atoms with van der Waals surface area (Å²) < 4.78 is 4.92. The minimum Gasteiger partial charge on any atom is -0.481 e. The summed E-state index contributed by atoms with van der Waals surface area (Å²) in [6.07, 6.45) is 0.789. The molecule has 8 heteroatoms. The molecule has 1 unspecified atom stereocenters. The highest BCUT2D eigenvalue weighted by molar-refractivity contribution is 6.00. The summed E-state index contributed by atoms with van der Waals surface area (Å²) in [5, 5.41) is 7.42. The van der Waals surface area contributed by atoms with Gasteiger partial charge in [0.05, 0.1) is 19.8 Å². The zero-order chi connectivity index (χ0) is 18.7. The number of rotatable bonds is 7. The van der Waals surface area contributed by atoms with E-state index < -0.39 is 12.0 Å². The molecule has 2 N–H and O–H groups in total. The molecule has 2 rings (SSSR count). The molecule has 1 saturated heterocycles. The van der Waals surface area contributed by atoms with Crippen molar-refractivity contribution in [2.24, 2.45) is 0 Å². The molecular weight excluding hydrogens is 328 g/mol. The predicted octanol–water partition coefficient (Wildman–Crippen LogP) is 0.963. The SMILES string of the molecule is CC(=O)O.COCCN1C(=O)CCC(NOCc2ccccc2)C1=O. The summed E-state index contributed by atoms with van der Waals surface area (Å²) in [5.41, 5.74) is 3.78. The average molecular weight is 352 g/mol. The van der Waals surface area contributed by atoms with Crippen LogP contribution < -0.4 is 5.48 Å². The van der Waals surface area contributed by atoms with Crippen LogP contribution in [0.25, 0.3) is 0 Å². The van der Waals surface area contributed by atoms with E-state index in [1.54, 1.807) is 0 Å². The largest absolute Gasteiger partial charge is 0.481 e. The van der Waals surface area contributed by atoms with Crippen molar-refractivity contribution in [2.45, 2.75) is 32.4 Å². The molecule has 2 amide bonds. The first-order valence-electron chi connectivity index (χ1n) is 7.89. The van der Waals surface area contributed by atoms with Gasteiger partial charge in [-0.15, -0.1) is 0 Å². The summed E-state index contributed by atoms with van der Waals surface area (Å²) in [7, 11) is 1.54. The number of carbonyl (C=O) groups is 3. The van der Waals surface area contributed by atoms with Crippen molar-refractivity contribution in [2.75, 3.05) is 20.3 Å². The number of hydroxylamine groups is 1. The van der Waals surface area contributed by atoms with Gasteiger partial charge in [0.15, 0.2) is 0 Å². The number of imide groups is 1. The van der Waals surface area contributed by atoms with Gasteiger partial charge in [0.25, 0.3) is 5.97 Å². The molecule has 1 aliphatic rings. The normalized spacial score (nSPS) is 17.0. The number of carboxylic acid groups (broad SMARTS) is 1. The van der Waals surface area contributed by atoms with Gasteiger partial charge in [-0.25, -0.2) is 0 Å². The van der Waals surface area contributed by atoms with Crippen LogP contribution in [0.15, 0.2) is 30.3 Å². The quantitative estimate of drug-likeness (QED) is 0.556. The first-order chi connectivity index (χ1) is 12.0. The van der Waals surface area contributed by atoms with Crippen molar-refractivity contribution in [3.63, 3.8) is 0 Å². The fraction of sp³-hybridized carbons (Fsp3) is 0.471. The summed E-state index contributed by atoms with van der Waals surface area (Å²) in [6, 6.07) is 9.19. The van der Waals surface area contributed by atoms with E-state index in [0.29, 0.717) is 26.1 Å². The Hall–Kier alpha value is -2.29. The molecule has 0 bridgehead atoms. The van der Waals surface area contributed by atoms with E-state index in [-0.39, 0.29) is 18.4 Å². The van der Waals surface area contributed by atoms with Gasteiger partial charge >= 0.3 is 0 Å². The minimum atomic E-state index is -0.833. The molecule has 0 aromatic heterocycles. The first kappa shape index (κ1) is 20.8. The Morgan fingerprint density at radius 3 is 2.56 bits per heavy atom. The smallest absolute Gasteiger partial charge is 0.300 e. The molecule has 8 nitrogen and oxygen atoms in total. The van der Waals surface area contributed by atoms with Gasteiger partial charge in [-0.3, -0.25) is 24.1 Å². The summed E-state index contributed by atoms with van der Waals surface area (Å²) >= 11 is 0. The molecule has 1 aromatic rings. The maximum Gasteiger partial charge on any atom is 0.300 e. The molecule has 1 aliphatic heterocycles. The number of nitrogens with zero attached hydrogens (tertiary/aromatic N) is 1. The highest BCUT2D eigenvalue weighted by Gasteiger charge is 2.34. The van der Waals surface area contributed by atoms with Gasteiger partial charge in [-0.1, -0.05) is 30.3 Å². The van der Waals surface area contributed by atoms with E-state index in [2.05, 4.69) is 5.48 Å². The van der Waals surface area contributed by atoms with Gasteiger partial charge in [0, 0.05) is 20.5 Å². The van der Waals surface area contributed by atoms with E-state index >= 15 is 0 Å². The molecule has 0 aliphatic carbocycles. The number of aliphatic carboxylic acids is 1. The fourth-order valence-corrected chi connectivity index (χ4v) is 2.16. The second-order valence-corrected chi connectivity index (χ2v) is 5.38. The number of carbonyl (C=O) groups excluding carboxylic acids is 2. The number of piperidine rings is 1. The average Bonchev–Trinajstić information content (AvgIpc) is 2.57. The lowest BCUT2D eigenvalue weighted by atomic mass is 10.1. The number of carboxylic acids is 1. The van der Waals surface area contributed by atoms with Crippen LogP contribution >= 0.6 is 0 Å². The number of ether oxygens (including phenoxy) is 1. The number of methoxy groups -OCH3 is 1.